The van der Waals surface area contributed by atoms with Gasteiger partial charge in [-0.25, -0.2) is 9.97 Å². The summed E-state index contributed by atoms with van der Waals surface area (Å²) < 4.78 is 5.17. The van der Waals surface area contributed by atoms with Crippen molar-refractivity contribution in [3.8, 4) is 11.9 Å². The summed E-state index contributed by atoms with van der Waals surface area (Å²) in [5, 5.41) is 8.95. The molecule has 1 aliphatic rings. The molecule has 1 fully saturated rings. The molecule has 0 aromatic carbocycles. The van der Waals surface area contributed by atoms with Crippen molar-refractivity contribution in [1.82, 2.24) is 14.9 Å². The van der Waals surface area contributed by atoms with Gasteiger partial charge in [-0.3, -0.25) is 4.90 Å². The number of pyridine rings is 2. The highest BCUT2D eigenvalue weighted by atomic mass is 16.5. The second-order valence-electron chi connectivity index (χ2n) is 5.46. The van der Waals surface area contributed by atoms with Gasteiger partial charge in [-0.2, -0.15) is 5.26 Å². The van der Waals surface area contributed by atoms with Crippen molar-refractivity contribution < 1.29 is 4.74 Å². The highest BCUT2D eigenvalue weighted by Crippen LogP contribution is 2.16. The van der Waals surface area contributed by atoms with Crippen LogP contribution in [0.15, 0.2) is 36.5 Å². The number of anilines is 1. The molecule has 0 aliphatic carbocycles. The van der Waals surface area contributed by atoms with Gasteiger partial charge in [0.15, 0.2) is 0 Å². The maximum atomic E-state index is 8.95. The van der Waals surface area contributed by atoms with E-state index in [1.807, 2.05) is 24.3 Å². The van der Waals surface area contributed by atoms with Gasteiger partial charge in [0.05, 0.1) is 7.11 Å². The Kier molecular flexibility index (Phi) is 4.69. The van der Waals surface area contributed by atoms with E-state index in [1.165, 1.54) is 5.56 Å². The van der Waals surface area contributed by atoms with Crippen molar-refractivity contribution >= 4 is 5.82 Å². The van der Waals surface area contributed by atoms with Crippen LogP contribution in [-0.2, 0) is 6.54 Å². The molecule has 6 nitrogen and oxygen atoms in total. The zero-order valence-corrected chi connectivity index (χ0v) is 13.1. The van der Waals surface area contributed by atoms with Crippen LogP contribution in [0.4, 0.5) is 5.82 Å². The van der Waals surface area contributed by atoms with E-state index in [1.54, 1.807) is 19.4 Å². The molecule has 0 unspecified atom stereocenters. The standard InChI is InChI=1S/C17H19N5O/c1-23-17-11-14(5-6-19-17)13-21-7-9-22(10-8-21)16-4-2-3-15(12-18)20-16/h2-6,11H,7-10,13H2,1H3. The summed E-state index contributed by atoms with van der Waals surface area (Å²) in [6.45, 7) is 4.62. The summed E-state index contributed by atoms with van der Waals surface area (Å²) in [5.74, 6) is 1.54. The van der Waals surface area contributed by atoms with E-state index in [4.69, 9.17) is 10.00 Å². The molecule has 2 aromatic rings. The van der Waals surface area contributed by atoms with Gasteiger partial charge in [-0.15, -0.1) is 0 Å². The van der Waals surface area contributed by atoms with Crippen LogP contribution in [0.1, 0.15) is 11.3 Å². The van der Waals surface area contributed by atoms with Gasteiger partial charge in [0, 0.05) is 45.0 Å². The number of piperazine rings is 1. The average molecular weight is 309 g/mol. The Morgan fingerprint density at radius 3 is 2.78 bits per heavy atom. The van der Waals surface area contributed by atoms with Crippen LogP contribution in [0.25, 0.3) is 0 Å². The predicted molar refractivity (Wildman–Crippen MR) is 87.2 cm³/mol. The normalized spacial score (nSPS) is 15.2. The zero-order valence-electron chi connectivity index (χ0n) is 13.1. The summed E-state index contributed by atoms with van der Waals surface area (Å²) in [4.78, 5) is 13.1. The minimum Gasteiger partial charge on any atom is -0.481 e. The van der Waals surface area contributed by atoms with Crippen molar-refractivity contribution in [3.63, 3.8) is 0 Å². The molecule has 0 spiro atoms. The Hall–Kier alpha value is -2.65. The van der Waals surface area contributed by atoms with Crippen molar-refractivity contribution in [2.75, 3.05) is 38.2 Å². The van der Waals surface area contributed by atoms with Crippen molar-refractivity contribution in [1.29, 1.82) is 5.26 Å². The molecule has 0 saturated carbocycles. The fourth-order valence-electron chi connectivity index (χ4n) is 2.72. The van der Waals surface area contributed by atoms with E-state index in [0.717, 1.165) is 38.5 Å². The van der Waals surface area contributed by atoms with Crippen LogP contribution in [-0.4, -0.2) is 48.2 Å². The maximum Gasteiger partial charge on any atom is 0.213 e. The quantitative estimate of drug-likeness (QED) is 0.856. The van der Waals surface area contributed by atoms with Crippen LogP contribution >= 0.6 is 0 Å². The lowest BCUT2D eigenvalue weighted by molar-refractivity contribution is 0.249. The number of nitriles is 1. The number of hydrogen-bond donors (Lipinski definition) is 0. The molecule has 118 valence electrons. The third kappa shape index (κ3) is 3.76. The fourth-order valence-corrected chi connectivity index (χ4v) is 2.72. The molecule has 2 aromatic heterocycles. The maximum absolute atomic E-state index is 8.95. The van der Waals surface area contributed by atoms with Crippen molar-refractivity contribution in [2.24, 2.45) is 0 Å². The van der Waals surface area contributed by atoms with Crippen LogP contribution in [0.2, 0.25) is 0 Å². The monoisotopic (exact) mass is 309 g/mol. The molecule has 1 aliphatic heterocycles. The van der Waals surface area contributed by atoms with Crippen LogP contribution in [0.5, 0.6) is 5.88 Å². The SMILES string of the molecule is COc1cc(CN2CCN(c3cccc(C#N)n3)CC2)ccn1. The number of methoxy groups -OCH3 is 1. The number of hydrogen-bond acceptors (Lipinski definition) is 6. The Balaban J connectivity index is 1.58. The first-order valence-corrected chi connectivity index (χ1v) is 7.62. The predicted octanol–water partition coefficient (Wildman–Crippen LogP) is 1.68. The van der Waals surface area contributed by atoms with Crippen LogP contribution in [0, 0.1) is 11.3 Å². The zero-order chi connectivity index (χ0) is 16.1. The summed E-state index contributed by atoms with van der Waals surface area (Å²) in [6, 6.07) is 11.7. The summed E-state index contributed by atoms with van der Waals surface area (Å²) >= 11 is 0. The van der Waals surface area contributed by atoms with Crippen LogP contribution < -0.4 is 9.64 Å². The van der Waals surface area contributed by atoms with E-state index in [0.29, 0.717) is 11.6 Å². The largest absolute Gasteiger partial charge is 0.481 e. The molecule has 3 heterocycles. The van der Waals surface area contributed by atoms with Gasteiger partial charge >= 0.3 is 0 Å². The first kappa shape index (κ1) is 15.3. The Morgan fingerprint density at radius 1 is 1.22 bits per heavy atom. The number of nitrogens with zero attached hydrogens (tertiary/aromatic N) is 5. The molecule has 0 N–H and O–H groups in total. The van der Waals surface area contributed by atoms with Crippen LogP contribution in [0.3, 0.4) is 0 Å². The summed E-state index contributed by atoms with van der Waals surface area (Å²) in [7, 11) is 1.63. The van der Waals surface area contributed by atoms with Crippen molar-refractivity contribution in [2.45, 2.75) is 6.54 Å². The lowest BCUT2D eigenvalue weighted by Crippen LogP contribution is -2.46. The minimum atomic E-state index is 0.466. The van der Waals surface area contributed by atoms with E-state index < -0.39 is 0 Å². The average Bonchev–Trinajstić information content (AvgIpc) is 2.62. The molecule has 0 atom stereocenters. The van der Waals surface area contributed by atoms with Gasteiger partial charge < -0.3 is 9.64 Å². The lowest BCUT2D eigenvalue weighted by Gasteiger charge is -2.35. The highest BCUT2D eigenvalue weighted by Gasteiger charge is 2.18. The second kappa shape index (κ2) is 7.07. The number of rotatable bonds is 4. The fraction of sp³-hybridized carbons (Fsp3) is 0.353. The third-order valence-electron chi connectivity index (χ3n) is 3.96. The first-order valence-electron chi connectivity index (χ1n) is 7.62. The summed E-state index contributed by atoms with van der Waals surface area (Å²) in [6.07, 6.45) is 1.78. The molecule has 1 saturated heterocycles. The van der Waals surface area contributed by atoms with Gasteiger partial charge in [-0.1, -0.05) is 6.07 Å². The van der Waals surface area contributed by atoms with Gasteiger partial charge in [0.2, 0.25) is 5.88 Å². The highest BCUT2D eigenvalue weighted by molar-refractivity contribution is 5.42. The topological polar surface area (TPSA) is 65.3 Å². The van der Waals surface area contributed by atoms with Gasteiger partial charge in [0.1, 0.15) is 17.6 Å². The molecule has 0 amide bonds. The third-order valence-corrected chi connectivity index (χ3v) is 3.96. The molecule has 3 rings (SSSR count). The first-order chi connectivity index (χ1) is 11.3. The smallest absolute Gasteiger partial charge is 0.213 e. The Bertz CT molecular complexity index is 704. The number of aromatic nitrogens is 2. The van der Waals surface area contributed by atoms with Crippen molar-refractivity contribution in [3.05, 3.63) is 47.8 Å². The van der Waals surface area contributed by atoms with E-state index in [9.17, 15) is 0 Å². The molecule has 0 bridgehead atoms. The summed E-state index contributed by atoms with van der Waals surface area (Å²) in [5.41, 5.74) is 1.67. The Labute approximate surface area is 136 Å². The minimum absolute atomic E-state index is 0.466. The molecular weight excluding hydrogens is 290 g/mol. The second-order valence-corrected chi connectivity index (χ2v) is 5.46. The molecule has 23 heavy (non-hydrogen) atoms. The molecule has 6 heteroatoms. The Morgan fingerprint density at radius 2 is 2.04 bits per heavy atom. The van der Waals surface area contributed by atoms with E-state index >= 15 is 0 Å². The lowest BCUT2D eigenvalue weighted by atomic mass is 10.2. The van der Waals surface area contributed by atoms with Gasteiger partial charge in [-0.05, 0) is 23.8 Å². The molecular formula is C17H19N5O. The van der Waals surface area contributed by atoms with E-state index in [-0.39, 0.29) is 0 Å². The molecule has 0 radical (unpaired) electrons. The van der Waals surface area contributed by atoms with E-state index in [2.05, 4.69) is 25.8 Å². The van der Waals surface area contributed by atoms with Gasteiger partial charge in [0.25, 0.3) is 0 Å². The number of ether oxygens (including phenoxy) is 1.